The van der Waals surface area contributed by atoms with Gasteiger partial charge in [0, 0.05) is 17.7 Å². The van der Waals surface area contributed by atoms with Gasteiger partial charge in [-0.2, -0.15) is 0 Å². The zero-order chi connectivity index (χ0) is 21.7. The first kappa shape index (κ1) is 21.8. The van der Waals surface area contributed by atoms with E-state index in [9.17, 15) is 9.18 Å². The molecule has 0 spiro atoms. The molecule has 0 unspecified atom stereocenters. The summed E-state index contributed by atoms with van der Waals surface area (Å²) in [4.78, 5) is 13.1. The lowest BCUT2D eigenvalue weighted by Crippen LogP contribution is -2.16. The summed E-state index contributed by atoms with van der Waals surface area (Å²) in [6.45, 7) is 8.60. The average Bonchev–Trinajstić information content (AvgIpc) is 2.74. The molecule has 3 rings (SSSR count). The highest BCUT2D eigenvalue weighted by atomic mass is 19.1. The number of hydrogen-bond donors (Lipinski definition) is 1. The second-order valence-electron chi connectivity index (χ2n) is 8.75. The molecule has 0 aliphatic rings. The molecule has 0 aliphatic heterocycles. The van der Waals surface area contributed by atoms with Gasteiger partial charge in [0.05, 0.1) is 6.04 Å². The quantitative estimate of drug-likeness (QED) is 0.426. The molecule has 0 radical (unpaired) electrons. The second kappa shape index (κ2) is 9.25. The fraction of sp³-hybridized carbons (Fsp3) is 0.296. The van der Waals surface area contributed by atoms with E-state index >= 15 is 0 Å². The van der Waals surface area contributed by atoms with E-state index in [2.05, 4.69) is 57.3 Å². The molecule has 2 nitrogen and oxygen atoms in total. The van der Waals surface area contributed by atoms with Crippen molar-refractivity contribution in [3.05, 3.63) is 101 Å². The average molecular weight is 404 g/mol. The summed E-state index contributed by atoms with van der Waals surface area (Å²) in [6.07, 6.45) is 1.28. The molecular weight excluding hydrogens is 373 g/mol. The van der Waals surface area contributed by atoms with E-state index in [0.717, 1.165) is 17.7 Å². The molecule has 0 saturated carbocycles. The van der Waals surface area contributed by atoms with Crippen LogP contribution in [0.5, 0.6) is 0 Å². The number of rotatable bonds is 7. The summed E-state index contributed by atoms with van der Waals surface area (Å²) >= 11 is 0. The van der Waals surface area contributed by atoms with E-state index in [-0.39, 0.29) is 23.1 Å². The lowest BCUT2D eigenvalue weighted by Gasteiger charge is -2.21. The van der Waals surface area contributed by atoms with Gasteiger partial charge in [-0.25, -0.2) is 4.39 Å². The molecule has 1 atom stereocenters. The molecule has 3 heteroatoms. The minimum atomic E-state index is -0.278. The Morgan fingerprint density at radius 1 is 0.900 bits per heavy atom. The molecule has 0 amide bonds. The van der Waals surface area contributed by atoms with Crippen LogP contribution in [0.1, 0.15) is 67.2 Å². The van der Waals surface area contributed by atoms with Crippen LogP contribution in [-0.4, -0.2) is 5.78 Å². The standard InChI is InChI=1S/C27H30FNO/c1-5-19-6-8-20(9-7-19)25(29-24-16-14-23(28)15-17-24)18-26(30)21-10-12-22(13-11-21)27(2,3)4/h6-17,25,29H,5,18H2,1-4H3/t25-/m0/s1. The number of ketones is 1. The van der Waals surface area contributed by atoms with Crippen molar-refractivity contribution >= 4 is 11.5 Å². The summed E-state index contributed by atoms with van der Waals surface area (Å²) in [5.41, 5.74) is 5.04. The molecule has 3 aromatic carbocycles. The second-order valence-corrected chi connectivity index (χ2v) is 8.75. The Morgan fingerprint density at radius 3 is 2.03 bits per heavy atom. The molecule has 1 N–H and O–H groups in total. The Bertz CT molecular complexity index is 967. The first-order valence-electron chi connectivity index (χ1n) is 10.5. The van der Waals surface area contributed by atoms with Crippen molar-refractivity contribution in [2.75, 3.05) is 5.32 Å². The summed E-state index contributed by atoms with van der Waals surface area (Å²) in [7, 11) is 0. The summed E-state index contributed by atoms with van der Waals surface area (Å²) in [5, 5.41) is 3.41. The molecule has 3 aromatic rings. The van der Waals surface area contributed by atoms with Gasteiger partial charge in [0.1, 0.15) is 5.82 Å². The third-order valence-electron chi connectivity index (χ3n) is 5.44. The molecular formula is C27H30FNO. The Hall–Kier alpha value is -2.94. The molecule has 0 bridgehead atoms. The van der Waals surface area contributed by atoms with Gasteiger partial charge in [0.15, 0.2) is 5.78 Å². The van der Waals surface area contributed by atoms with Crippen LogP contribution in [0.15, 0.2) is 72.8 Å². The SMILES string of the molecule is CCc1ccc([C@H](CC(=O)c2ccc(C(C)(C)C)cc2)Nc2ccc(F)cc2)cc1. The summed E-state index contributed by atoms with van der Waals surface area (Å²) in [5.74, 6) is -0.200. The molecule has 0 fully saturated rings. The molecule has 30 heavy (non-hydrogen) atoms. The first-order valence-corrected chi connectivity index (χ1v) is 10.5. The maximum absolute atomic E-state index is 13.3. The van der Waals surface area contributed by atoms with Gasteiger partial charge >= 0.3 is 0 Å². The molecule has 156 valence electrons. The van der Waals surface area contributed by atoms with Crippen LogP contribution in [0.4, 0.5) is 10.1 Å². The highest BCUT2D eigenvalue weighted by molar-refractivity contribution is 5.96. The maximum atomic E-state index is 13.3. The topological polar surface area (TPSA) is 29.1 Å². The number of carbonyl (C=O) groups excluding carboxylic acids is 1. The number of benzene rings is 3. The monoisotopic (exact) mass is 403 g/mol. The molecule has 0 heterocycles. The lowest BCUT2D eigenvalue weighted by molar-refractivity contribution is 0.0976. The summed E-state index contributed by atoms with van der Waals surface area (Å²) < 4.78 is 13.3. The van der Waals surface area contributed by atoms with Crippen LogP contribution in [0.25, 0.3) is 0 Å². The number of hydrogen-bond acceptors (Lipinski definition) is 2. The first-order chi connectivity index (χ1) is 14.3. The Kier molecular flexibility index (Phi) is 6.71. The lowest BCUT2D eigenvalue weighted by atomic mass is 9.86. The van der Waals surface area contributed by atoms with Crippen LogP contribution in [-0.2, 0) is 11.8 Å². The fourth-order valence-corrected chi connectivity index (χ4v) is 3.44. The molecule has 0 aromatic heterocycles. The van der Waals surface area contributed by atoms with Crippen LogP contribution in [0.2, 0.25) is 0 Å². The summed E-state index contributed by atoms with van der Waals surface area (Å²) in [6, 6.07) is 22.3. The number of nitrogens with one attached hydrogen (secondary N) is 1. The Labute approximate surface area is 179 Å². The number of carbonyl (C=O) groups is 1. The van der Waals surface area contributed by atoms with E-state index in [4.69, 9.17) is 0 Å². The zero-order valence-electron chi connectivity index (χ0n) is 18.2. The van der Waals surface area contributed by atoms with E-state index in [1.165, 1.54) is 23.3 Å². The number of halogens is 1. The maximum Gasteiger partial charge on any atom is 0.165 e. The largest absolute Gasteiger partial charge is 0.378 e. The Morgan fingerprint density at radius 2 is 1.50 bits per heavy atom. The van der Waals surface area contributed by atoms with Gasteiger partial charge in [-0.15, -0.1) is 0 Å². The van der Waals surface area contributed by atoms with Gasteiger partial charge in [-0.3, -0.25) is 4.79 Å². The molecule has 0 aliphatic carbocycles. The third-order valence-corrected chi connectivity index (χ3v) is 5.44. The van der Waals surface area contributed by atoms with E-state index < -0.39 is 0 Å². The van der Waals surface area contributed by atoms with Gasteiger partial charge in [-0.05, 0) is 52.8 Å². The predicted molar refractivity (Wildman–Crippen MR) is 123 cm³/mol. The fourth-order valence-electron chi connectivity index (χ4n) is 3.44. The highest BCUT2D eigenvalue weighted by Crippen LogP contribution is 2.27. The van der Waals surface area contributed by atoms with Gasteiger partial charge in [-0.1, -0.05) is 76.2 Å². The van der Waals surface area contributed by atoms with Gasteiger partial charge < -0.3 is 5.32 Å². The van der Waals surface area contributed by atoms with Crippen LogP contribution < -0.4 is 5.32 Å². The minimum Gasteiger partial charge on any atom is -0.378 e. The normalized spacial score (nSPS) is 12.4. The highest BCUT2D eigenvalue weighted by Gasteiger charge is 2.19. The number of aryl methyl sites for hydroxylation is 1. The van der Waals surface area contributed by atoms with Crippen molar-refractivity contribution in [3.63, 3.8) is 0 Å². The van der Waals surface area contributed by atoms with Gasteiger partial charge in [0.25, 0.3) is 0 Å². The van der Waals surface area contributed by atoms with Crippen molar-refractivity contribution in [1.29, 1.82) is 0 Å². The van der Waals surface area contributed by atoms with Crippen molar-refractivity contribution in [2.45, 2.75) is 52.0 Å². The van der Waals surface area contributed by atoms with Crippen LogP contribution in [0.3, 0.4) is 0 Å². The van der Waals surface area contributed by atoms with Crippen molar-refractivity contribution in [2.24, 2.45) is 0 Å². The zero-order valence-corrected chi connectivity index (χ0v) is 18.2. The Balaban J connectivity index is 1.83. The number of anilines is 1. The van der Waals surface area contributed by atoms with Crippen molar-refractivity contribution in [1.82, 2.24) is 0 Å². The number of Topliss-reactive ketones (excluding diaryl/α,β-unsaturated/α-hetero) is 1. The predicted octanol–water partition coefficient (Wildman–Crippen LogP) is 7.11. The third kappa shape index (κ3) is 5.56. The smallest absolute Gasteiger partial charge is 0.165 e. The van der Waals surface area contributed by atoms with E-state index in [1.807, 2.05) is 24.3 Å². The van der Waals surface area contributed by atoms with Crippen LogP contribution in [0, 0.1) is 5.82 Å². The van der Waals surface area contributed by atoms with Crippen molar-refractivity contribution in [3.8, 4) is 0 Å². The van der Waals surface area contributed by atoms with Crippen LogP contribution >= 0.6 is 0 Å². The van der Waals surface area contributed by atoms with E-state index in [0.29, 0.717) is 12.0 Å². The van der Waals surface area contributed by atoms with Crippen molar-refractivity contribution < 1.29 is 9.18 Å². The van der Waals surface area contributed by atoms with E-state index in [1.54, 1.807) is 12.1 Å². The minimum absolute atomic E-state index is 0.0509. The van der Waals surface area contributed by atoms with Gasteiger partial charge in [0.2, 0.25) is 0 Å². The molecule has 0 saturated heterocycles.